The molecule has 1 aromatic carbocycles. The number of benzene rings is 1. The van der Waals surface area contributed by atoms with E-state index in [0.29, 0.717) is 13.1 Å². The molecule has 0 aliphatic carbocycles. The molecule has 0 fully saturated rings. The van der Waals surface area contributed by atoms with Crippen LogP contribution in [-0.4, -0.2) is 34.3 Å². The van der Waals surface area contributed by atoms with Gasteiger partial charge in [0.25, 0.3) is 0 Å². The van der Waals surface area contributed by atoms with Gasteiger partial charge in [-0.3, -0.25) is 4.99 Å². The molecule has 0 amide bonds. The zero-order chi connectivity index (χ0) is 17.8. The smallest absolute Gasteiger partial charge is 0.194 e. The van der Waals surface area contributed by atoms with Gasteiger partial charge in [-0.2, -0.15) is 0 Å². The monoisotopic (exact) mass is 467 g/mol. The molecule has 3 aromatic rings. The van der Waals surface area contributed by atoms with E-state index < -0.39 is 0 Å². The maximum absolute atomic E-state index is 13.3. The third-order valence-corrected chi connectivity index (χ3v) is 4.06. The van der Waals surface area contributed by atoms with E-state index in [1.807, 2.05) is 36.3 Å². The molecular weight excluding hydrogens is 444 g/mol. The molecule has 5 nitrogen and oxygen atoms in total. The minimum Gasteiger partial charge on any atom is -0.351 e. The Bertz CT molecular complexity index is 906. The van der Waals surface area contributed by atoms with E-state index in [9.17, 15) is 4.39 Å². The molecule has 7 heteroatoms. The second-order valence-electron chi connectivity index (χ2n) is 6.01. The molecule has 138 valence electrons. The van der Waals surface area contributed by atoms with Gasteiger partial charge in [0.2, 0.25) is 0 Å². The van der Waals surface area contributed by atoms with Gasteiger partial charge in [-0.1, -0.05) is 18.2 Å². The summed E-state index contributed by atoms with van der Waals surface area (Å²) in [5.74, 6) is 0.506. The quantitative estimate of drug-likeness (QED) is 0.363. The molecule has 0 spiro atoms. The van der Waals surface area contributed by atoms with Gasteiger partial charge in [-0.05, 0) is 36.8 Å². The summed E-state index contributed by atoms with van der Waals surface area (Å²) >= 11 is 0. The number of imidazole rings is 1. The van der Waals surface area contributed by atoms with E-state index in [4.69, 9.17) is 0 Å². The third kappa shape index (κ3) is 4.72. The van der Waals surface area contributed by atoms with Crippen molar-refractivity contribution in [1.29, 1.82) is 0 Å². The summed E-state index contributed by atoms with van der Waals surface area (Å²) in [5, 5.41) is 3.31. The average Bonchev–Trinajstić information content (AvgIpc) is 3.00. The molecule has 1 N–H and O–H groups in total. The van der Waals surface area contributed by atoms with Gasteiger partial charge in [-0.15, -0.1) is 24.0 Å². The van der Waals surface area contributed by atoms with Gasteiger partial charge in [0.1, 0.15) is 11.5 Å². The summed E-state index contributed by atoms with van der Waals surface area (Å²) in [6.45, 7) is 3.20. The lowest BCUT2D eigenvalue weighted by atomic mass is 10.2. The molecule has 0 radical (unpaired) electrons. The largest absolute Gasteiger partial charge is 0.351 e. The molecule has 2 heterocycles. The predicted octanol–water partition coefficient (Wildman–Crippen LogP) is 3.61. The van der Waals surface area contributed by atoms with Crippen molar-refractivity contribution in [2.75, 3.05) is 14.1 Å². The van der Waals surface area contributed by atoms with Crippen molar-refractivity contribution in [1.82, 2.24) is 19.6 Å². The lowest BCUT2D eigenvalue weighted by Crippen LogP contribution is -2.38. The van der Waals surface area contributed by atoms with Crippen molar-refractivity contribution in [2.45, 2.75) is 20.0 Å². The fraction of sp³-hybridized carbons (Fsp3) is 0.263. The van der Waals surface area contributed by atoms with E-state index >= 15 is 0 Å². The first-order valence-electron chi connectivity index (χ1n) is 8.16. The predicted molar refractivity (Wildman–Crippen MR) is 113 cm³/mol. The molecule has 0 unspecified atom stereocenters. The fourth-order valence-corrected chi connectivity index (χ4v) is 2.82. The summed E-state index contributed by atoms with van der Waals surface area (Å²) in [7, 11) is 3.66. The lowest BCUT2D eigenvalue weighted by Gasteiger charge is -2.21. The van der Waals surface area contributed by atoms with Gasteiger partial charge >= 0.3 is 0 Å². The van der Waals surface area contributed by atoms with Crippen LogP contribution in [0.1, 0.15) is 17.0 Å². The third-order valence-electron chi connectivity index (χ3n) is 4.06. The van der Waals surface area contributed by atoms with Crippen LogP contribution in [0.5, 0.6) is 0 Å². The van der Waals surface area contributed by atoms with Crippen molar-refractivity contribution in [3.63, 3.8) is 0 Å². The van der Waals surface area contributed by atoms with E-state index in [1.165, 1.54) is 12.1 Å². The van der Waals surface area contributed by atoms with E-state index in [-0.39, 0.29) is 29.8 Å². The minimum atomic E-state index is -0.228. The topological polar surface area (TPSA) is 44.9 Å². The summed E-state index contributed by atoms with van der Waals surface area (Å²) in [4.78, 5) is 10.9. The maximum atomic E-state index is 13.3. The number of hydrogen-bond acceptors (Lipinski definition) is 2. The fourth-order valence-electron chi connectivity index (χ4n) is 2.82. The molecule has 3 rings (SSSR count). The van der Waals surface area contributed by atoms with Crippen LogP contribution in [0.15, 0.2) is 53.7 Å². The van der Waals surface area contributed by atoms with Crippen LogP contribution in [0, 0.1) is 12.7 Å². The molecule has 2 aromatic heterocycles. The summed E-state index contributed by atoms with van der Waals surface area (Å²) in [5.41, 5.74) is 3.91. The highest BCUT2D eigenvalue weighted by Gasteiger charge is 2.09. The highest BCUT2D eigenvalue weighted by atomic mass is 127. The standard InChI is InChI=1S/C19H22FN5.HI/c1-14-6-4-9-18-23-17(13-25(14)18)11-22-19(21-2)24(3)12-15-7-5-8-16(20)10-15;/h4-10,13H,11-12H2,1-3H3,(H,21,22);1H. The lowest BCUT2D eigenvalue weighted by molar-refractivity contribution is 0.474. The Labute approximate surface area is 170 Å². The zero-order valence-corrected chi connectivity index (χ0v) is 17.4. The normalized spacial score (nSPS) is 11.3. The number of nitrogens with zero attached hydrogens (tertiary/aromatic N) is 4. The van der Waals surface area contributed by atoms with Crippen LogP contribution in [0.4, 0.5) is 4.39 Å². The van der Waals surface area contributed by atoms with Crippen molar-refractivity contribution in [3.05, 3.63) is 71.4 Å². The zero-order valence-electron chi connectivity index (χ0n) is 15.1. The number of aliphatic imine (C=N–C) groups is 1. The number of guanidine groups is 1. The Morgan fingerprint density at radius 3 is 2.73 bits per heavy atom. The first kappa shape index (κ1) is 20.2. The number of rotatable bonds is 4. The first-order chi connectivity index (χ1) is 12.1. The number of fused-ring (bicyclic) bond motifs is 1. The molecule has 26 heavy (non-hydrogen) atoms. The van der Waals surface area contributed by atoms with Gasteiger partial charge < -0.3 is 14.6 Å². The van der Waals surface area contributed by atoms with E-state index in [0.717, 1.165) is 28.6 Å². The van der Waals surface area contributed by atoms with Gasteiger partial charge in [-0.25, -0.2) is 9.37 Å². The van der Waals surface area contributed by atoms with Crippen molar-refractivity contribution in [2.24, 2.45) is 4.99 Å². The van der Waals surface area contributed by atoms with Crippen LogP contribution < -0.4 is 5.32 Å². The maximum Gasteiger partial charge on any atom is 0.194 e. The van der Waals surface area contributed by atoms with Gasteiger partial charge in [0.05, 0.1) is 12.2 Å². The Morgan fingerprint density at radius 2 is 2.04 bits per heavy atom. The van der Waals surface area contributed by atoms with Crippen LogP contribution >= 0.6 is 24.0 Å². The molecule has 0 saturated heterocycles. The number of aromatic nitrogens is 2. The average molecular weight is 467 g/mol. The van der Waals surface area contributed by atoms with Crippen molar-refractivity contribution in [3.8, 4) is 0 Å². The van der Waals surface area contributed by atoms with Crippen molar-refractivity contribution >= 4 is 35.6 Å². The number of pyridine rings is 1. The molecule has 0 aliphatic rings. The SMILES string of the molecule is CN=C(NCc1cn2c(C)cccc2n1)N(C)Cc1cccc(F)c1.I. The highest BCUT2D eigenvalue weighted by Crippen LogP contribution is 2.09. The van der Waals surface area contributed by atoms with Crippen LogP contribution in [0.25, 0.3) is 5.65 Å². The Kier molecular flexibility index (Phi) is 6.96. The molecule has 0 aliphatic heterocycles. The number of aryl methyl sites for hydroxylation is 1. The van der Waals surface area contributed by atoms with Crippen molar-refractivity contribution < 1.29 is 4.39 Å². The second-order valence-corrected chi connectivity index (χ2v) is 6.01. The summed E-state index contributed by atoms with van der Waals surface area (Å²) in [6.07, 6.45) is 2.03. The Hall–Kier alpha value is -2.16. The molecule has 0 atom stereocenters. The minimum absolute atomic E-state index is 0. The summed E-state index contributed by atoms with van der Waals surface area (Å²) < 4.78 is 15.4. The van der Waals surface area contributed by atoms with Crippen LogP contribution in [0.2, 0.25) is 0 Å². The summed E-state index contributed by atoms with van der Waals surface area (Å²) in [6, 6.07) is 12.6. The van der Waals surface area contributed by atoms with Gasteiger partial charge in [0.15, 0.2) is 5.96 Å². The van der Waals surface area contributed by atoms with Crippen LogP contribution in [-0.2, 0) is 13.1 Å². The molecule has 0 saturated carbocycles. The number of nitrogens with one attached hydrogen (secondary N) is 1. The molecular formula is C19H23FIN5. The number of hydrogen-bond donors (Lipinski definition) is 1. The highest BCUT2D eigenvalue weighted by molar-refractivity contribution is 14.0. The Balaban J connectivity index is 0.00000243. The van der Waals surface area contributed by atoms with E-state index in [2.05, 4.69) is 32.7 Å². The number of halogens is 2. The Morgan fingerprint density at radius 1 is 1.27 bits per heavy atom. The van der Waals surface area contributed by atoms with Crippen LogP contribution in [0.3, 0.4) is 0 Å². The van der Waals surface area contributed by atoms with Gasteiger partial charge in [0, 0.05) is 32.5 Å². The van der Waals surface area contributed by atoms with E-state index in [1.54, 1.807) is 13.1 Å². The second kappa shape index (κ2) is 8.98. The first-order valence-corrected chi connectivity index (χ1v) is 8.16. The molecule has 0 bridgehead atoms.